The number of nitrogens with zero attached hydrogens (tertiary/aromatic N) is 1. The van der Waals surface area contributed by atoms with Crippen molar-refractivity contribution in [2.45, 2.75) is 38.1 Å². The van der Waals surface area contributed by atoms with Crippen molar-refractivity contribution >= 4 is 0 Å². The van der Waals surface area contributed by atoms with Gasteiger partial charge in [-0.1, -0.05) is 12.5 Å². The Hall–Kier alpha value is -0.930. The summed E-state index contributed by atoms with van der Waals surface area (Å²) in [4.78, 5) is 4.32. The Morgan fingerprint density at radius 2 is 2.33 bits per heavy atom. The van der Waals surface area contributed by atoms with E-state index in [9.17, 15) is 0 Å². The summed E-state index contributed by atoms with van der Waals surface area (Å²) in [6.45, 7) is 0. The third kappa shape index (κ3) is 2.76. The predicted octanol–water partition coefficient (Wildman–Crippen LogP) is 1.65. The molecular weight excluding hydrogens is 186 g/mol. The average molecular weight is 205 g/mol. The molecule has 0 spiro atoms. The van der Waals surface area contributed by atoms with Gasteiger partial charge in [0.1, 0.15) is 0 Å². The van der Waals surface area contributed by atoms with Gasteiger partial charge in [-0.3, -0.25) is 16.3 Å². The summed E-state index contributed by atoms with van der Waals surface area (Å²) in [5.74, 6) is 6.37. The highest BCUT2D eigenvalue weighted by atomic mass is 15.2. The normalized spacial score (nSPS) is 18.5. The maximum atomic E-state index is 5.58. The van der Waals surface area contributed by atoms with E-state index in [1.807, 2.05) is 18.3 Å². The largest absolute Gasteiger partial charge is 0.271 e. The first kappa shape index (κ1) is 10.6. The van der Waals surface area contributed by atoms with Gasteiger partial charge in [0.25, 0.3) is 0 Å². The summed E-state index contributed by atoms with van der Waals surface area (Å²) in [7, 11) is 0. The lowest BCUT2D eigenvalue weighted by atomic mass is 9.78. The monoisotopic (exact) mass is 205 g/mol. The second-order valence-electron chi connectivity index (χ2n) is 4.32. The number of aromatic nitrogens is 1. The number of nitrogens with two attached hydrogens (primary N) is 1. The van der Waals surface area contributed by atoms with Crippen molar-refractivity contribution in [3.63, 3.8) is 0 Å². The molecule has 2 rings (SSSR count). The lowest BCUT2D eigenvalue weighted by molar-refractivity contribution is 0.220. The van der Waals surface area contributed by atoms with E-state index in [0.29, 0.717) is 6.04 Å². The molecule has 0 bridgehead atoms. The summed E-state index contributed by atoms with van der Waals surface area (Å²) >= 11 is 0. The fourth-order valence-corrected chi connectivity index (χ4v) is 2.15. The Bertz CT molecular complexity index is 282. The first-order valence-electron chi connectivity index (χ1n) is 5.76. The van der Waals surface area contributed by atoms with E-state index in [1.54, 1.807) is 0 Å². The molecule has 0 radical (unpaired) electrons. The molecule has 82 valence electrons. The first-order valence-corrected chi connectivity index (χ1v) is 5.76. The van der Waals surface area contributed by atoms with E-state index in [0.717, 1.165) is 24.5 Å². The van der Waals surface area contributed by atoms with Gasteiger partial charge in [0.2, 0.25) is 0 Å². The highest BCUT2D eigenvalue weighted by molar-refractivity contribution is 5.04. The molecule has 1 aliphatic rings. The van der Waals surface area contributed by atoms with Crippen molar-refractivity contribution in [2.75, 3.05) is 0 Å². The topological polar surface area (TPSA) is 50.9 Å². The molecule has 3 N–H and O–H groups in total. The minimum atomic E-state index is 0.473. The lowest BCUT2D eigenvalue weighted by Crippen LogP contribution is -2.43. The van der Waals surface area contributed by atoms with Crippen LogP contribution in [0, 0.1) is 5.92 Å². The van der Waals surface area contributed by atoms with Crippen molar-refractivity contribution in [2.24, 2.45) is 11.8 Å². The van der Waals surface area contributed by atoms with Gasteiger partial charge in [-0.25, -0.2) is 0 Å². The van der Waals surface area contributed by atoms with Crippen molar-refractivity contribution < 1.29 is 0 Å². The molecule has 1 unspecified atom stereocenters. The van der Waals surface area contributed by atoms with Crippen LogP contribution in [0.2, 0.25) is 0 Å². The molecule has 1 heterocycles. The van der Waals surface area contributed by atoms with E-state index in [-0.39, 0.29) is 0 Å². The Morgan fingerprint density at radius 3 is 2.87 bits per heavy atom. The summed E-state index contributed by atoms with van der Waals surface area (Å²) in [5, 5.41) is 0. The smallest absolute Gasteiger partial charge is 0.0404 e. The summed E-state index contributed by atoms with van der Waals surface area (Å²) in [5.41, 5.74) is 4.11. The number of hydrogen-bond donors (Lipinski definition) is 2. The van der Waals surface area contributed by atoms with Gasteiger partial charge in [-0.05, 0) is 43.7 Å². The second-order valence-corrected chi connectivity index (χ2v) is 4.32. The zero-order valence-electron chi connectivity index (χ0n) is 9.02. The summed E-state index contributed by atoms with van der Waals surface area (Å²) in [6, 6.07) is 6.54. The van der Waals surface area contributed by atoms with Crippen LogP contribution in [0.15, 0.2) is 24.4 Å². The number of hydrogen-bond acceptors (Lipinski definition) is 3. The maximum absolute atomic E-state index is 5.58. The van der Waals surface area contributed by atoms with Gasteiger partial charge in [-0.2, -0.15) is 0 Å². The van der Waals surface area contributed by atoms with E-state index < -0.39 is 0 Å². The fourth-order valence-electron chi connectivity index (χ4n) is 2.15. The molecule has 1 atom stereocenters. The van der Waals surface area contributed by atoms with E-state index in [4.69, 9.17) is 5.84 Å². The van der Waals surface area contributed by atoms with Crippen molar-refractivity contribution in [3.05, 3.63) is 30.1 Å². The van der Waals surface area contributed by atoms with E-state index >= 15 is 0 Å². The molecule has 1 fully saturated rings. The van der Waals surface area contributed by atoms with Crippen LogP contribution in [0.3, 0.4) is 0 Å². The zero-order valence-corrected chi connectivity index (χ0v) is 9.02. The Kier molecular flexibility index (Phi) is 3.69. The van der Waals surface area contributed by atoms with Crippen LogP contribution in [-0.4, -0.2) is 11.0 Å². The van der Waals surface area contributed by atoms with Gasteiger partial charge in [-0.15, -0.1) is 0 Å². The molecule has 1 saturated carbocycles. The van der Waals surface area contributed by atoms with Crippen LogP contribution in [-0.2, 0) is 6.42 Å². The third-order valence-electron chi connectivity index (χ3n) is 3.37. The van der Waals surface area contributed by atoms with Crippen LogP contribution in [0.1, 0.15) is 31.4 Å². The fraction of sp³-hybridized carbons (Fsp3) is 0.583. The Morgan fingerprint density at radius 1 is 1.47 bits per heavy atom. The maximum Gasteiger partial charge on any atom is 0.0404 e. The van der Waals surface area contributed by atoms with Gasteiger partial charge in [0.05, 0.1) is 0 Å². The number of rotatable bonds is 5. The van der Waals surface area contributed by atoms with Crippen LogP contribution < -0.4 is 11.3 Å². The number of pyridine rings is 1. The molecule has 1 aliphatic carbocycles. The first-order chi connectivity index (χ1) is 7.40. The quantitative estimate of drug-likeness (QED) is 0.567. The van der Waals surface area contributed by atoms with Crippen molar-refractivity contribution in [1.29, 1.82) is 0 Å². The zero-order chi connectivity index (χ0) is 10.5. The molecular formula is C12H19N3. The Balaban J connectivity index is 1.80. The highest BCUT2D eigenvalue weighted by Gasteiger charge is 2.25. The molecule has 0 amide bonds. The van der Waals surface area contributed by atoms with Gasteiger partial charge < -0.3 is 0 Å². The molecule has 1 aromatic heterocycles. The lowest BCUT2D eigenvalue weighted by Gasteiger charge is -2.33. The molecule has 0 saturated heterocycles. The summed E-state index contributed by atoms with van der Waals surface area (Å²) in [6.07, 6.45) is 7.99. The summed E-state index contributed by atoms with van der Waals surface area (Å²) < 4.78 is 0. The molecule has 15 heavy (non-hydrogen) atoms. The predicted molar refractivity (Wildman–Crippen MR) is 61.0 cm³/mol. The van der Waals surface area contributed by atoms with Crippen molar-refractivity contribution in [1.82, 2.24) is 10.4 Å². The van der Waals surface area contributed by atoms with E-state index in [2.05, 4.69) is 16.5 Å². The van der Waals surface area contributed by atoms with Crippen LogP contribution in [0.4, 0.5) is 0 Å². The second kappa shape index (κ2) is 5.24. The standard InChI is InChI=1S/C12H19N3/c13-15-12(10-4-3-5-10)8-7-11-6-1-2-9-14-11/h1-2,6,9-10,12,15H,3-5,7-8,13H2. The van der Waals surface area contributed by atoms with Crippen molar-refractivity contribution in [3.8, 4) is 0 Å². The van der Waals surface area contributed by atoms with Gasteiger partial charge in [0, 0.05) is 17.9 Å². The van der Waals surface area contributed by atoms with E-state index in [1.165, 1.54) is 19.3 Å². The minimum absolute atomic E-state index is 0.473. The minimum Gasteiger partial charge on any atom is -0.271 e. The van der Waals surface area contributed by atoms with Crippen LogP contribution in [0.25, 0.3) is 0 Å². The Labute approximate surface area is 91.1 Å². The number of nitrogens with one attached hydrogen (secondary N) is 1. The molecule has 3 heteroatoms. The number of aryl methyl sites for hydroxylation is 1. The molecule has 3 nitrogen and oxygen atoms in total. The van der Waals surface area contributed by atoms with Crippen LogP contribution in [0.5, 0.6) is 0 Å². The number of hydrazine groups is 1. The average Bonchev–Trinajstić information content (AvgIpc) is 2.23. The van der Waals surface area contributed by atoms with Crippen LogP contribution >= 0.6 is 0 Å². The van der Waals surface area contributed by atoms with Gasteiger partial charge >= 0.3 is 0 Å². The molecule has 0 aromatic carbocycles. The molecule has 1 aromatic rings. The molecule has 0 aliphatic heterocycles. The SMILES string of the molecule is NNC(CCc1ccccn1)C1CCC1. The highest BCUT2D eigenvalue weighted by Crippen LogP contribution is 2.30. The van der Waals surface area contributed by atoms with Gasteiger partial charge in [0.15, 0.2) is 0 Å². The third-order valence-corrected chi connectivity index (χ3v) is 3.37.